The molecule has 1 fully saturated rings. The Balaban J connectivity index is 1.82. The number of rotatable bonds is 3. The van der Waals surface area contributed by atoms with Crippen LogP contribution in [-0.4, -0.2) is 18.6 Å². The average Bonchev–Trinajstić information content (AvgIpc) is 2.84. The Bertz CT molecular complexity index is 536. The second-order valence-electron chi connectivity index (χ2n) is 5.48. The van der Waals surface area contributed by atoms with E-state index in [4.69, 9.17) is 0 Å². The first-order valence-corrected chi connectivity index (χ1v) is 6.69. The van der Waals surface area contributed by atoms with Crippen LogP contribution in [0.4, 0.5) is 0 Å². The van der Waals surface area contributed by atoms with E-state index in [-0.39, 0.29) is 5.54 Å². The number of nitrogens with one attached hydrogen (secondary N) is 2. The van der Waals surface area contributed by atoms with Crippen LogP contribution in [0.3, 0.4) is 0 Å². The maximum atomic E-state index is 3.70. The smallest absolute Gasteiger partial charge is 0.0293 e. The SMILES string of the molecule is CC1(NCc2cccc3ccccc23)CCNC1. The van der Waals surface area contributed by atoms with Crippen LogP contribution in [0.1, 0.15) is 18.9 Å². The lowest BCUT2D eigenvalue weighted by Crippen LogP contribution is -2.43. The van der Waals surface area contributed by atoms with Crippen molar-refractivity contribution in [3.63, 3.8) is 0 Å². The standard InChI is InChI=1S/C16H20N2/c1-16(9-10-17-12-16)18-11-14-7-4-6-13-5-2-3-8-15(13)14/h2-8,17-18H,9-12H2,1H3. The Hall–Kier alpha value is -1.38. The summed E-state index contributed by atoms with van der Waals surface area (Å²) >= 11 is 0. The molecule has 0 radical (unpaired) electrons. The van der Waals surface area contributed by atoms with Crippen LogP contribution in [0.25, 0.3) is 10.8 Å². The van der Waals surface area contributed by atoms with Crippen molar-refractivity contribution in [2.75, 3.05) is 13.1 Å². The summed E-state index contributed by atoms with van der Waals surface area (Å²) in [6.45, 7) is 5.44. The topological polar surface area (TPSA) is 24.1 Å². The summed E-state index contributed by atoms with van der Waals surface area (Å²) in [6.07, 6.45) is 1.21. The van der Waals surface area contributed by atoms with Crippen molar-refractivity contribution < 1.29 is 0 Å². The summed E-state index contributed by atoms with van der Waals surface area (Å²) in [5.41, 5.74) is 1.64. The second kappa shape index (κ2) is 4.71. The Morgan fingerprint density at radius 3 is 2.83 bits per heavy atom. The van der Waals surface area contributed by atoms with Crippen molar-refractivity contribution >= 4 is 10.8 Å². The molecule has 0 aliphatic carbocycles. The molecule has 2 aromatic rings. The van der Waals surface area contributed by atoms with E-state index < -0.39 is 0 Å². The Morgan fingerprint density at radius 1 is 1.17 bits per heavy atom. The molecule has 0 spiro atoms. The monoisotopic (exact) mass is 240 g/mol. The zero-order valence-corrected chi connectivity index (χ0v) is 10.9. The van der Waals surface area contributed by atoms with Crippen molar-refractivity contribution in [3.05, 3.63) is 48.0 Å². The van der Waals surface area contributed by atoms with Gasteiger partial charge in [0.15, 0.2) is 0 Å². The molecule has 18 heavy (non-hydrogen) atoms. The molecule has 1 heterocycles. The third-order valence-electron chi connectivity index (χ3n) is 3.95. The molecule has 0 aromatic heterocycles. The van der Waals surface area contributed by atoms with Crippen LogP contribution >= 0.6 is 0 Å². The van der Waals surface area contributed by atoms with Gasteiger partial charge in [0, 0.05) is 18.6 Å². The van der Waals surface area contributed by atoms with Crippen molar-refractivity contribution in [3.8, 4) is 0 Å². The highest BCUT2D eigenvalue weighted by atomic mass is 15.1. The molecule has 1 aliphatic rings. The summed E-state index contributed by atoms with van der Waals surface area (Å²) < 4.78 is 0. The fraction of sp³-hybridized carbons (Fsp3) is 0.375. The van der Waals surface area contributed by atoms with Crippen LogP contribution in [-0.2, 0) is 6.54 Å². The van der Waals surface area contributed by atoms with Gasteiger partial charge in [0.25, 0.3) is 0 Å². The lowest BCUT2D eigenvalue weighted by molar-refractivity contribution is 0.386. The van der Waals surface area contributed by atoms with Gasteiger partial charge in [-0.15, -0.1) is 0 Å². The van der Waals surface area contributed by atoms with Crippen LogP contribution in [0.5, 0.6) is 0 Å². The van der Waals surface area contributed by atoms with Crippen LogP contribution < -0.4 is 10.6 Å². The molecule has 0 amide bonds. The molecule has 1 saturated heterocycles. The van der Waals surface area contributed by atoms with E-state index in [1.54, 1.807) is 0 Å². The normalized spacial score (nSPS) is 23.6. The summed E-state index contributed by atoms with van der Waals surface area (Å²) in [5, 5.41) is 9.82. The first kappa shape index (κ1) is 11.7. The van der Waals surface area contributed by atoms with Crippen molar-refractivity contribution in [2.45, 2.75) is 25.4 Å². The summed E-state index contributed by atoms with van der Waals surface area (Å²) in [5.74, 6) is 0. The molecule has 1 unspecified atom stereocenters. The molecule has 3 rings (SSSR count). The molecular formula is C16H20N2. The summed E-state index contributed by atoms with van der Waals surface area (Å²) in [6, 6.07) is 15.2. The van der Waals surface area contributed by atoms with E-state index in [0.717, 1.165) is 19.6 Å². The van der Waals surface area contributed by atoms with Gasteiger partial charge in [0.1, 0.15) is 0 Å². The van der Waals surface area contributed by atoms with Gasteiger partial charge >= 0.3 is 0 Å². The van der Waals surface area contributed by atoms with E-state index in [0.29, 0.717) is 0 Å². The maximum Gasteiger partial charge on any atom is 0.0293 e. The van der Waals surface area contributed by atoms with Crippen LogP contribution in [0.15, 0.2) is 42.5 Å². The van der Waals surface area contributed by atoms with Gasteiger partial charge in [-0.25, -0.2) is 0 Å². The molecule has 1 atom stereocenters. The Morgan fingerprint density at radius 2 is 2.00 bits per heavy atom. The third kappa shape index (κ3) is 2.26. The number of fused-ring (bicyclic) bond motifs is 1. The van der Waals surface area contributed by atoms with Gasteiger partial charge in [0.2, 0.25) is 0 Å². The van der Waals surface area contributed by atoms with Gasteiger partial charge in [-0.1, -0.05) is 42.5 Å². The largest absolute Gasteiger partial charge is 0.315 e. The number of benzene rings is 2. The Labute approximate surface area is 108 Å². The summed E-state index contributed by atoms with van der Waals surface area (Å²) in [7, 11) is 0. The third-order valence-corrected chi connectivity index (χ3v) is 3.95. The van der Waals surface area contributed by atoms with Gasteiger partial charge in [-0.2, -0.15) is 0 Å². The quantitative estimate of drug-likeness (QED) is 0.862. The highest BCUT2D eigenvalue weighted by molar-refractivity contribution is 5.85. The minimum Gasteiger partial charge on any atom is -0.315 e. The highest BCUT2D eigenvalue weighted by Crippen LogP contribution is 2.20. The zero-order chi connectivity index (χ0) is 12.4. The molecule has 94 valence electrons. The molecule has 2 aromatic carbocycles. The first-order chi connectivity index (χ1) is 8.77. The predicted molar refractivity (Wildman–Crippen MR) is 76.7 cm³/mol. The average molecular weight is 240 g/mol. The lowest BCUT2D eigenvalue weighted by atomic mass is 9.99. The van der Waals surface area contributed by atoms with Gasteiger partial charge in [0.05, 0.1) is 0 Å². The zero-order valence-electron chi connectivity index (χ0n) is 10.9. The van der Waals surface area contributed by atoms with Crippen molar-refractivity contribution in [1.82, 2.24) is 10.6 Å². The first-order valence-electron chi connectivity index (χ1n) is 6.69. The van der Waals surface area contributed by atoms with Gasteiger partial charge < -0.3 is 10.6 Å². The summed E-state index contributed by atoms with van der Waals surface area (Å²) in [4.78, 5) is 0. The minimum atomic E-state index is 0.247. The van der Waals surface area contributed by atoms with Gasteiger partial charge in [-0.05, 0) is 36.2 Å². The Kier molecular flexibility index (Phi) is 3.06. The van der Waals surface area contributed by atoms with Crippen molar-refractivity contribution in [2.24, 2.45) is 0 Å². The maximum absolute atomic E-state index is 3.70. The minimum absolute atomic E-state index is 0.247. The molecule has 2 nitrogen and oxygen atoms in total. The van der Waals surface area contributed by atoms with Gasteiger partial charge in [-0.3, -0.25) is 0 Å². The molecule has 1 aliphatic heterocycles. The van der Waals surface area contributed by atoms with Crippen molar-refractivity contribution in [1.29, 1.82) is 0 Å². The predicted octanol–water partition coefficient (Wildman–Crippen LogP) is 2.68. The van der Waals surface area contributed by atoms with Crippen LogP contribution in [0, 0.1) is 0 Å². The molecular weight excluding hydrogens is 220 g/mol. The molecule has 0 saturated carbocycles. The molecule has 2 N–H and O–H groups in total. The van der Waals surface area contributed by atoms with E-state index >= 15 is 0 Å². The molecule has 0 bridgehead atoms. The van der Waals surface area contributed by atoms with E-state index in [1.807, 2.05) is 0 Å². The fourth-order valence-corrected chi connectivity index (χ4v) is 2.72. The van der Waals surface area contributed by atoms with Crippen LogP contribution in [0.2, 0.25) is 0 Å². The lowest BCUT2D eigenvalue weighted by Gasteiger charge is -2.25. The molecule has 2 heteroatoms. The number of hydrogen-bond acceptors (Lipinski definition) is 2. The fourth-order valence-electron chi connectivity index (χ4n) is 2.72. The van der Waals surface area contributed by atoms with E-state index in [9.17, 15) is 0 Å². The second-order valence-corrected chi connectivity index (χ2v) is 5.48. The van der Waals surface area contributed by atoms with E-state index in [2.05, 4.69) is 60.0 Å². The van der Waals surface area contributed by atoms with E-state index in [1.165, 1.54) is 22.8 Å². The highest BCUT2D eigenvalue weighted by Gasteiger charge is 2.27. The number of hydrogen-bond donors (Lipinski definition) is 2.